The Balaban J connectivity index is 2.67. The van der Waals surface area contributed by atoms with E-state index in [-0.39, 0.29) is 21.6 Å². The Kier molecular flexibility index (Phi) is 3.82. The first-order valence-electron chi connectivity index (χ1n) is 4.84. The average Bonchev–Trinajstić information content (AvgIpc) is 2.26. The van der Waals surface area contributed by atoms with Crippen molar-refractivity contribution in [2.45, 2.75) is 9.97 Å². The highest BCUT2D eigenvalue weighted by Gasteiger charge is 2.31. The summed E-state index contributed by atoms with van der Waals surface area (Å²) in [7, 11) is 0. The van der Waals surface area contributed by atoms with Crippen molar-refractivity contribution in [1.29, 1.82) is 0 Å². The van der Waals surface area contributed by atoms with Gasteiger partial charge in [-0.2, -0.15) is 13.2 Å². The smallest absolute Gasteiger partial charge is 0.248 e. The number of halogens is 7. The zero-order valence-electron chi connectivity index (χ0n) is 8.90. The molecule has 2 aromatic rings. The largest absolute Gasteiger partial charge is 0.416 e. The fourth-order valence-electron chi connectivity index (χ4n) is 1.51. The van der Waals surface area contributed by atoms with Crippen molar-refractivity contribution in [3.05, 3.63) is 40.5 Å². The molecule has 0 spiro atoms. The van der Waals surface area contributed by atoms with Gasteiger partial charge in [-0.25, -0.2) is 4.98 Å². The quantitative estimate of drug-likeness (QED) is 0.554. The summed E-state index contributed by atoms with van der Waals surface area (Å²) >= 11 is 22.9. The number of alkyl halides is 6. The van der Waals surface area contributed by atoms with E-state index in [0.29, 0.717) is 0 Å². The summed E-state index contributed by atoms with van der Waals surface area (Å²) in [6.07, 6.45) is -4.45. The fraction of sp³-hybridized carbons (Fsp3) is 0.182. The Morgan fingerprint density at radius 2 is 1.63 bits per heavy atom. The molecule has 1 aromatic heterocycles. The molecule has 0 unspecified atom stereocenters. The van der Waals surface area contributed by atoms with Crippen molar-refractivity contribution in [3.8, 4) is 0 Å². The maximum Gasteiger partial charge on any atom is 0.416 e. The van der Waals surface area contributed by atoms with E-state index in [1.165, 1.54) is 12.1 Å². The van der Waals surface area contributed by atoms with Crippen molar-refractivity contribution in [1.82, 2.24) is 4.98 Å². The lowest BCUT2D eigenvalue weighted by Gasteiger charge is -2.13. The summed E-state index contributed by atoms with van der Waals surface area (Å²) in [6.45, 7) is 0. The topological polar surface area (TPSA) is 12.9 Å². The van der Waals surface area contributed by atoms with Crippen LogP contribution in [-0.2, 0) is 9.97 Å². The molecule has 0 aliphatic heterocycles. The Labute approximate surface area is 126 Å². The number of rotatable bonds is 0. The zero-order valence-corrected chi connectivity index (χ0v) is 11.9. The first-order chi connectivity index (χ1) is 8.59. The van der Waals surface area contributed by atoms with E-state index < -0.39 is 15.5 Å². The monoisotopic (exact) mass is 347 g/mol. The van der Waals surface area contributed by atoms with Gasteiger partial charge in [-0.1, -0.05) is 46.4 Å². The lowest BCUT2D eigenvalue weighted by atomic mass is 10.1. The minimum atomic E-state index is -4.45. The second-order valence-corrected chi connectivity index (χ2v) is 6.41. The SMILES string of the molecule is FC(F)(F)c1ccc2nc(C(Cl)(Cl)Cl)cc(Cl)c2c1. The zero-order chi connectivity index (χ0) is 14.4. The first kappa shape index (κ1) is 15.0. The second-order valence-electron chi connectivity index (χ2n) is 3.72. The molecule has 19 heavy (non-hydrogen) atoms. The van der Waals surface area contributed by atoms with Gasteiger partial charge in [0.05, 0.1) is 21.8 Å². The molecule has 0 saturated carbocycles. The Bertz CT molecular complexity index is 634. The predicted octanol–water partition coefficient (Wildman–Crippen LogP) is 5.73. The van der Waals surface area contributed by atoms with Crippen LogP contribution in [0.25, 0.3) is 10.9 Å². The van der Waals surface area contributed by atoms with Gasteiger partial charge in [-0.05, 0) is 24.3 Å². The summed E-state index contributed by atoms with van der Waals surface area (Å²) in [4.78, 5) is 3.98. The number of nitrogens with zero attached hydrogens (tertiary/aromatic N) is 1. The van der Waals surface area contributed by atoms with Crippen LogP contribution in [0.4, 0.5) is 13.2 Å². The van der Waals surface area contributed by atoms with Gasteiger partial charge >= 0.3 is 6.18 Å². The summed E-state index contributed by atoms with van der Waals surface area (Å²) in [6, 6.07) is 4.22. The molecule has 0 radical (unpaired) electrons. The summed E-state index contributed by atoms with van der Waals surface area (Å²) in [5.74, 6) is 0. The van der Waals surface area contributed by atoms with Crippen LogP contribution in [0.15, 0.2) is 24.3 Å². The molecular weight excluding hydrogens is 345 g/mol. The third kappa shape index (κ3) is 3.19. The summed E-state index contributed by atoms with van der Waals surface area (Å²) in [5, 5.41) is 0.187. The van der Waals surface area contributed by atoms with Gasteiger partial charge < -0.3 is 0 Å². The highest BCUT2D eigenvalue weighted by Crippen LogP contribution is 2.40. The van der Waals surface area contributed by atoms with Crippen LogP contribution in [0.1, 0.15) is 11.3 Å². The average molecular weight is 349 g/mol. The van der Waals surface area contributed by atoms with Crippen molar-refractivity contribution >= 4 is 57.3 Å². The Morgan fingerprint density at radius 3 is 2.16 bits per heavy atom. The molecule has 2 rings (SSSR count). The van der Waals surface area contributed by atoms with Crippen molar-refractivity contribution in [2.24, 2.45) is 0 Å². The van der Waals surface area contributed by atoms with Gasteiger partial charge in [0.2, 0.25) is 3.79 Å². The molecule has 0 saturated heterocycles. The van der Waals surface area contributed by atoms with Crippen LogP contribution in [0.5, 0.6) is 0 Å². The molecule has 102 valence electrons. The number of hydrogen-bond acceptors (Lipinski definition) is 1. The predicted molar refractivity (Wildman–Crippen MR) is 71.0 cm³/mol. The van der Waals surface area contributed by atoms with E-state index in [2.05, 4.69) is 4.98 Å². The van der Waals surface area contributed by atoms with Crippen LogP contribution in [0.2, 0.25) is 5.02 Å². The molecule has 0 amide bonds. The van der Waals surface area contributed by atoms with Crippen LogP contribution < -0.4 is 0 Å². The highest BCUT2D eigenvalue weighted by molar-refractivity contribution is 6.66. The maximum atomic E-state index is 12.6. The van der Waals surface area contributed by atoms with E-state index in [1.54, 1.807) is 0 Å². The minimum absolute atomic E-state index is 0.0393. The molecule has 0 aliphatic carbocycles. The summed E-state index contributed by atoms with van der Waals surface area (Å²) in [5.41, 5.74) is -0.540. The number of fused-ring (bicyclic) bond motifs is 1. The first-order valence-corrected chi connectivity index (χ1v) is 6.35. The van der Waals surface area contributed by atoms with E-state index in [1.807, 2.05) is 0 Å². The number of hydrogen-bond donors (Lipinski definition) is 0. The standard InChI is InChI=1S/C11H4Cl4F3N/c12-7-4-9(10(13,14)15)19-8-2-1-5(3-6(7)8)11(16,17)18/h1-4H. The Morgan fingerprint density at radius 1 is 1.00 bits per heavy atom. The molecule has 1 heterocycles. The number of benzene rings is 1. The molecule has 1 nitrogen and oxygen atoms in total. The van der Waals surface area contributed by atoms with E-state index in [9.17, 15) is 13.2 Å². The van der Waals surface area contributed by atoms with Crippen LogP contribution in [-0.4, -0.2) is 4.98 Å². The molecule has 0 fully saturated rings. The van der Waals surface area contributed by atoms with Crippen LogP contribution >= 0.6 is 46.4 Å². The lowest BCUT2D eigenvalue weighted by molar-refractivity contribution is -0.137. The van der Waals surface area contributed by atoms with E-state index >= 15 is 0 Å². The molecule has 0 atom stereocenters. The third-order valence-electron chi connectivity index (χ3n) is 2.38. The van der Waals surface area contributed by atoms with Crippen molar-refractivity contribution < 1.29 is 13.2 Å². The van der Waals surface area contributed by atoms with Crippen molar-refractivity contribution in [2.75, 3.05) is 0 Å². The molecule has 0 aliphatic rings. The lowest BCUT2D eigenvalue weighted by Crippen LogP contribution is -2.06. The van der Waals surface area contributed by atoms with Gasteiger partial charge in [-0.15, -0.1) is 0 Å². The van der Waals surface area contributed by atoms with Crippen LogP contribution in [0, 0.1) is 0 Å². The molecule has 0 N–H and O–H groups in total. The minimum Gasteiger partial charge on any atom is -0.248 e. The molecule has 0 bridgehead atoms. The summed E-state index contributed by atoms with van der Waals surface area (Å²) < 4.78 is 36.0. The highest BCUT2D eigenvalue weighted by atomic mass is 35.6. The normalized spacial score (nSPS) is 13.0. The maximum absolute atomic E-state index is 12.6. The molecule has 8 heteroatoms. The van der Waals surface area contributed by atoms with E-state index in [0.717, 1.165) is 12.1 Å². The van der Waals surface area contributed by atoms with E-state index in [4.69, 9.17) is 46.4 Å². The number of aromatic nitrogens is 1. The van der Waals surface area contributed by atoms with Gasteiger partial charge in [-0.3, -0.25) is 0 Å². The molecule has 1 aromatic carbocycles. The third-order valence-corrected chi connectivity index (χ3v) is 3.27. The molecular formula is C11H4Cl4F3N. The fourth-order valence-corrected chi connectivity index (χ4v) is 2.05. The van der Waals surface area contributed by atoms with Gasteiger partial charge in [0, 0.05) is 5.39 Å². The van der Waals surface area contributed by atoms with Gasteiger partial charge in [0.1, 0.15) is 0 Å². The van der Waals surface area contributed by atoms with Crippen molar-refractivity contribution in [3.63, 3.8) is 0 Å². The second kappa shape index (κ2) is 4.85. The van der Waals surface area contributed by atoms with Crippen LogP contribution in [0.3, 0.4) is 0 Å². The van der Waals surface area contributed by atoms with Gasteiger partial charge in [0.25, 0.3) is 0 Å². The Hall–Kier alpha value is -0.420. The number of pyridine rings is 1. The van der Waals surface area contributed by atoms with Gasteiger partial charge in [0.15, 0.2) is 0 Å².